The summed E-state index contributed by atoms with van der Waals surface area (Å²) in [6.07, 6.45) is 2.14. The van der Waals surface area contributed by atoms with Crippen molar-refractivity contribution < 1.29 is 9.53 Å². The topological polar surface area (TPSA) is 56.1 Å². The Morgan fingerprint density at radius 2 is 2.20 bits per heavy atom. The standard InChI is InChI=1S/C20H25N3O2/c1-6-9-25-15-7-8-16-17(11-19(24)21-18(16)10-15)20-13(4)22-23(12(2)3)14(20)5/h6-8,10,12,17H,1,9,11H2,2-5H3,(H,21,24). The first kappa shape index (κ1) is 17.3. The highest BCUT2D eigenvalue weighted by molar-refractivity contribution is 5.95. The summed E-state index contributed by atoms with van der Waals surface area (Å²) in [5.74, 6) is 0.769. The van der Waals surface area contributed by atoms with Crippen molar-refractivity contribution in [3.8, 4) is 5.75 Å². The summed E-state index contributed by atoms with van der Waals surface area (Å²) in [5, 5.41) is 7.66. The van der Waals surface area contributed by atoms with Crippen LogP contribution in [0.1, 0.15) is 54.7 Å². The summed E-state index contributed by atoms with van der Waals surface area (Å²) in [4.78, 5) is 12.3. The molecule has 25 heavy (non-hydrogen) atoms. The van der Waals surface area contributed by atoms with Gasteiger partial charge in [0.25, 0.3) is 0 Å². The Kier molecular flexibility index (Phi) is 4.66. The number of amides is 1. The van der Waals surface area contributed by atoms with E-state index >= 15 is 0 Å². The number of fused-ring (bicyclic) bond motifs is 1. The lowest BCUT2D eigenvalue weighted by molar-refractivity contribution is -0.116. The van der Waals surface area contributed by atoms with E-state index in [-0.39, 0.29) is 11.8 Å². The molecule has 1 N–H and O–H groups in total. The first-order chi connectivity index (χ1) is 11.9. The molecule has 1 aliphatic rings. The quantitative estimate of drug-likeness (QED) is 0.834. The zero-order valence-electron chi connectivity index (χ0n) is 15.3. The molecule has 0 fully saturated rings. The molecule has 0 spiro atoms. The fourth-order valence-corrected chi connectivity index (χ4v) is 3.63. The molecule has 0 saturated carbocycles. The van der Waals surface area contributed by atoms with Gasteiger partial charge in [-0.3, -0.25) is 9.48 Å². The van der Waals surface area contributed by atoms with Crippen molar-refractivity contribution in [2.75, 3.05) is 11.9 Å². The van der Waals surface area contributed by atoms with E-state index in [4.69, 9.17) is 9.84 Å². The number of rotatable bonds is 5. The van der Waals surface area contributed by atoms with Crippen LogP contribution in [0.25, 0.3) is 0 Å². The van der Waals surface area contributed by atoms with Crippen LogP contribution in [0.2, 0.25) is 0 Å². The lowest BCUT2D eigenvalue weighted by Gasteiger charge is -2.27. The Morgan fingerprint density at radius 3 is 2.84 bits per heavy atom. The fraction of sp³-hybridized carbons (Fsp3) is 0.400. The van der Waals surface area contributed by atoms with Gasteiger partial charge < -0.3 is 10.1 Å². The minimum Gasteiger partial charge on any atom is -0.489 e. The number of nitrogens with zero attached hydrogens (tertiary/aromatic N) is 2. The molecule has 1 unspecified atom stereocenters. The number of hydrogen-bond donors (Lipinski definition) is 1. The number of benzene rings is 1. The van der Waals surface area contributed by atoms with Gasteiger partial charge in [-0.2, -0.15) is 5.10 Å². The summed E-state index contributed by atoms with van der Waals surface area (Å²) in [6, 6.07) is 6.17. The Labute approximate surface area is 148 Å². The van der Waals surface area contributed by atoms with Crippen LogP contribution < -0.4 is 10.1 Å². The third kappa shape index (κ3) is 3.18. The smallest absolute Gasteiger partial charge is 0.225 e. The maximum absolute atomic E-state index is 12.3. The number of aromatic nitrogens is 2. The normalized spacial score (nSPS) is 16.5. The van der Waals surface area contributed by atoms with Crippen molar-refractivity contribution >= 4 is 11.6 Å². The van der Waals surface area contributed by atoms with Crippen molar-refractivity contribution in [3.05, 3.63) is 53.4 Å². The largest absolute Gasteiger partial charge is 0.489 e. The van der Waals surface area contributed by atoms with Gasteiger partial charge in [-0.15, -0.1) is 0 Å². The molecule has 0 bridgehead atoms. The Hall–Kier alpha value is -2.56. The lowest BCUT2D eigenvalue weighted by atomic mass is 9.83. The van der Waals surface area contributed by atoms with Crippen LogP contribution >= 0.6 is 0 Å². The average Bonchev–Trinajstić information content (AvgIpc) is 2.86. The number of carbonyl (C=O) groups excluding carboxylic acids is 1. The van der Waals surface area contributed by atoms with E-state index in [0.717, 1.165) is 34.0 Å². The summed E-state index contributed by atoms with van der Waals surface area (Å²) >= 11 is 0. The molecule has 1 aromatic carbocycles. The maximum Gasteiger partial charge on any atom is 0.225 e. The molecule has 1 atom stereocenters. The second kappa shape index (κ2) is 6.75. The van der Waals surface area contributed by atoms with Crippen LogP contribution in [0.4, 0.5) is 5.69 Å². The van der Waals surface area contributed by atoms with Crippen molar-refractivity contribution in [1.29, 1.82) is 0 Å². The van der Waals surface area contributed by atoms with Gasteiger partial charge in [0.1, 0.15) is 12.4 Å². The number of anilines is 1. The molecule has 1 aromatic heterocycles. The van der Waals surface area contributed by atoms with Crippen LogP contribution in [-0.2, 0) is 4.79 Å². The lowest BCUT2D eigenvalue weighted by Crippen LogP contribution is -2.24. The summed E-state index contributed by atoms with van der Waals surface area (Å²) in [6.45, 7) is 12.4. The molecule has 2 heterocycles. The van der Waals surface area contributed by atoms with Gasteiger partial charge in [0.15, 0.2) is 0 Å². The molecular formula is C20H25N3O2. The molecule has 0 radical (unpaired) electrons. The van der Waals surface area contributed by atoms with Gasteiger partial charge in [-0.25, -0.2) is 0 Å². The van der Waals surface area contributed by atoms with E-state index in [9.17, 15) is 4.79 Å². The Balaban J connectivity index is 2.05. The van der Waals surface area contributed by atoms with E-state index in [2.05, 4.69) is 32.7 Å². The SMILES string of the molecule is C=CCOc1ccc2c(c1)NC(=O)CC2c1c(C)nn(C(C)C)c1C. The van der Waals surface area contributed by atoms with Crippen LogP contribution in [0, 0.1) is 13.8 Å². The van der Waals surface area contributed by atoms with Gasteiger partial charge in [-0.1, -0.05) is 18.7 Å². The fourth-order valence-electron chi connectivity index (χ4n) is 3.63. The summed E-state index contributed by atoms with van der Waals surface area (Å²) in [5.41, 5.74) is 5.21. The molecular weight excluding hydrogens is 314 g/mol. The molecule has 1 amide bonds. The molecule has 5 nitrogen and oxygen atoms in total. The molecule has 1 aliphatic heterocycles. The molecule has 5 heteroatoms. The number of aryl methyl sites for hydroxylation is 1. The van der Waals surface area contributed by atoms with Crippen LogP contribution in [0.3, 0.4) is 0 Å². The maximum atomic E-state index is 12.3. The Bertz CT molecular complexity index is 821. The number of carbonyl (C=O) groups is 1. The third-order valence-electron chi connectivity index (χ3n) is 4.65. The highest BCUT2D eigenvalue weighted by Crippen LogP contribution is 2.41. The van der Waals surface area contributed by atoms with Gasteiger partial charge in [0, 0.05) is 41.4 Å². The van der Waals surface area contributed by atoms with Gasteiger partial charge in [0.2, 0.25) is 5.91 Å². The summed E-state index contributed by atoms with van der Waals surface area (Å²) < 4.78 is 7.63. The highest BCUT2D eigenvalue weighted by atomic mass is 16.5. The van der Waals surface area contributed by atoms with Gasteiger partial charge >= 0.3 is 0 Å². The van der Waals surface area contributed by atoms with E-state index in [1.807, 2.05) is 29.8 Å². The van der Waals surface area contributed by atoms with Crippen LogP contribution in [0.5, 0.6) is 5.75 Å². The third-order valence-corrected chi connectivity index (χ3v) is 4.65. The first-order valence-corrected chi connectivity index (χ1v) is 8.65. The second-order valence-corrected chi connectivity index (χ2v) is 6.78. The Morgan fingerprint density at radius 1 is 1.44 bits per heavy atom. The van der Waals surface area contributed by atoms with Crippen molar-refractivity contribution in [2.45, 2.75) is 46.1 Å². The molecule has 2 aromatic rings. The molecule has 132 valence electrons. The summed E-state index contributed by atoms with van der Waals surface area (Å²) in [7, 11) is 0. The van der Waals surface area contributed by atoms with Crippen LogP contribution in [-0.4, -0.2) is 22.3 Å². The van der Waals surface area contributed by atoms with Crippen molar-refractivity contribution in [2.24, 2.45) is 0 Å². The second-order valence-electron chi connectivity index (χ2n) is 6.78. The predicted molar refractivity (Wildman–Crippen MR) is 99.3 cm³/mol. The van der Waals surface area contributed by atoms with E-state index in [0.29, 0.717) is 19.1 Å². The van der Waals surface area contributed by atoms with Gasteiger partial charge in [-0.05, 0) is 39.3 Å². The van der Waals surface area contributed by atoms with E-state index < -0.39 is 0 Å². The highest BCUT2D eigenvalue weighted by Gasteiger charge is 2.31. The number of nitrogens with one attached hydrogen (secondary N) is 1. The molecule has 3 rings (SSSR count). The number of ether oxygens (including phenoxy) is 1. The van der Waals surface area contributed by atoms with Crippen molar-refractivity contribution in [1.82, 2.24) is 9.78 Å². The predicted octanol–water partition coefficient (Wildman–Crippen LogP) is 4.12. The van der Waals surface area contributed by atoms with Gasteiger partial charge in [0.05, 0.1) is 5.69 Å². The zero-order chi connectivity index (χ0) is 18.1. The number of hydrogen-bond acceptors (Lipinski definition) is 3. The van der Waals surface area contributed by atoms with Crippen LogP contribution in [0.15, 0.2) is 30.9 Å². The van der Waals surface area contributed by atoms with E-state index in [1.54, 1.807) is 6.08 Å². The molecule has 0 saturated heterocycles. The average molecular weight is 339 g/mol. The monoisotopic (exact) mass is 339 g/mol. The van der Waals surface area contributed by atoms with E-state index in [1.165, 1.54) is 0 Å². The minimum absolute atomic E-state index is 0.0182. The molecule has 0 aliphatic carbocycles. The first-order valence-electron chi connectivity index (χ1n) is 8.65. The zero-order valence-corrected chi connectivity index (χ0v) is 15.3. The minimum atomic E-state index is 0.0182. The van der Waals surface area contributed by atoms with Crippen molar-refractivity contribution in [3.63, 3.8) is 0 Å².